The number of hydrogen-bond acceptors (Lipinski definition) is 1. The van der Waals surface area contributed by atoms with Crippen LogP contribution in [0.15, 0.2) is 51.1 Å². The summed E-state index contributed by atoms with van der Waals surface area (Å²) in [5.74, 6) is 1.42. The Morgan fingerprint density at radius 1 is 0.684 bits per heavy atom. The predicted molar refractivity (Wildman–Crippen MR) is 99.2 cm³/mol. The van der Waals surface area contributed by atoms with E-state index in [4.69, 9.17) is 4.74 Å². The summed E-state index contributed by atoms with van der Waals surface area (Å²) in [6, 6.07) is 7.70. The molecule has 2 rings (SSSR count). The number of ether oxygens (including phenoxy) is 1. The second-order valence-corrected chi connectivity index (χ2v) is 8.54. The molecule has 0 aliphatic carbocycles. The van der Waals surface area contributed by atoms with Gasteiger partial charge < -0.3 is 4.74 Å². The molecule has 0 aromatic heterocycles. The second kappa shape index (κ2) is 6.92. The third-order valence-corrected chi connectivity index (χ3v) is 7.21. The Morgan fingerprint density at radius 2 is 1.32 bits per heavy atom. The molecular formula is C12H4Br6O. The summed E-state index contributed by atoms with van der Waals surface area (Å²) in [6.45, 7) is 0. The Labute approximate surface area is 161 Å². The fourth-order valence-corrected chi connectivity index (χ4v) is 4.23. The highest BCUT2D eigenvalue weighted by Crippen LogP contribution is 2.44. The van der Waals surface area contributed by atoms with Gasteiger partial charge in [-0.3, -0.25) is 0 Å². The summed E-state index contributed by atoms with van der Waals surface area (Å²) in [4.78, 5) is 0. The van der Waals surface area contributed by atoms with E-state index < -0.39 is 0 Å². The molecule has 0 saturated carbocycles. The van der Waals surface area contributed by atoms with E-state index in [1.807, 2.05) is 24.3 Å². The Morgan fingerprint density at radius 3 is 2.00 bits per heavy atom. The molecule has 0 aliphatic heterocycles. The molecule has 0 unspecified atom stereocenters. The minimum Gasteiger partial charge on any atom is -0.454 e. The van der Waals surface area contributed by atoms with Gasteiger partial charge in [0.2, 0.25) is 0 Å². The quantitative estimate of drug-likeness (QED) is 0.301. The van der Waals surface area contributed by atoms with E-state index in [0.29, 0.717) is 11.5 Å². The Bertz CT molecular complexity index is 641. The van der Waals surface area contributed by atoms with Crippen molar-refractivity contribution in [3.8, 4) is 11.5 Å². The van der Waals surface area contributed by atoms with Crippen LogP contribution < -0.4 is 4.74 Å². The lowest BCUT2D eigenvalue weighted by Gasteiger charge is -2.13. The van der Waals surface area contributed by atoms with Crippen LogP contribution in [0.1, 0.15) is 0 Å². The zero-order valence-electron chi connectivity index (χ0n) is 8.99. The molecule has 0 bridgehead atoms. The summed E-state index contributed by atoms with van der Waals surface area (Å²) < 4.78 is 11.3. The molecule has 7 heteroatoms. The maximum Gasteiger partial charge on any atom is 0.156 e. The lowest BCUT2D eigenvalue weighted by molar-refractivity contribution is 0.472. The second-order valence-electron chi connectivity index (χ2n) is 3.47. The summed E-state index contributed by atoms with van der Waals surface area (Å²) >= 11 is 20.9. The zero-order chi connectivity index (χ0) is 14.2. The van der Waals surface area contributed by atoms with Gasteiger partial charge in [-0.2, -0.15) is 0 Å². The first-order valence-corrected chi connectivity index (χ1v) is 9.62. The van der Waals surface area contributed by atoms with Crippen LogP contribution in [0.25, 0.3) is 0 Å². The molecule has 0 spiro atoms. The molecule has 0 heterocycles. The SMILES string of the molecule is Brc1cc(Br)c(Br)c(Oc2c(Br)ccc(Br)c2Br)c1. The van der Waals surface area contributed by atoms with E-state index >= 15 is 0 Å². The van der Waals surface area contributed by atoms with Gasteiger partial charge in [-0.15, -0.1) is 0 Å². The topological polar surface area (TPSA) is 9.23 Å². The van der Waals surface area contributed by atoms with E-state index in [1.54, 1.807) is 0 Å². The van der Waals surface area contributed by atoms with Crippen LogP contribution >= 0.6 is 95.6 Å². The monoisotopic (exact) mass is 638 g/mol. The van der Waals surface area contributed by atoms with Crippen LogP contribution in [0.2, 0.25) is 0 Å². The predicted octanol–water partition coefficient (Wildman–Crippen LogP) is 8.05. The lowest BCUT2D eigenvalue weighted by atomic mass is 10.3. The van der Waals surface area contributed by atoms with Crippen molar-refractivity contribution in [1.29, 1.82) is 0 Å². The fraction of sp³-hybridized carbons (Fsp3) is 0. The Hall–Kier alpha value is 1.12. The molecular weight excluding hydrogens is 640 g/mol. The molecule has 0 fully saturated rings. The van der Waals surface area contributed by atoms with Crippen LogP contribution in [-0.2, 0) is 0 Å². The number of hydrogen-bond donors (Lipinski definition) is 0. The molecule has 0 amide bonds. The van der Waals surface area contributed by atoms with Gasteiger partial charge in [0.05, 0.1) is 13.4 Å². The van der Waals surface area contributed by atoms with Crippen LogP contribution in [0.5, 0.6) is 11.5 Å². The van der Waals surface area contributed by atoms with Gasteiger partial charge >= 0.3 is 0 Å². The molecule has 0 N–H and O–H groups in total. The van der Waals surface area contributed by atoms with E-state index in [9.17, 15) is 0 Å². The summed E-state index contributed by atoms with van der Waals surface area (Å²) in [5, 5.41) is 0. The highest BCUT2D eigenvalue weighted by molar-refractivity contribution is 9.13. The Kier molecular flexibility index (Phi) is 6.01. The van der Waals surface area contributed by atoms with Crippen molar-refractivity contribution < 1.29 is 4.74 Å². The van der Waals surface area contributed by atoms with Crippen molar-refractivity contribution in [2.45, 2.75) is 0 Å². The first-order chi connectivity index (χ1) is 8.90. The van der Waals surface area contributed by atoms with Crippen LogP contribution in [0.3, 0.4) is 0 Å². The minimum absolute atomic E-state index is 0.708. The molecule has 2 aromatic carbocycles. The van der Waals surface area contributed by atoms with Gasteiger partial charge in [-0.05, 0) is 104 Å². The highest BCUT2D eigenvalue weighted by Gasteiger charge is 2.14. The van der Waals surface area contributed by atoms with Gasteiger partial charge in [0.25, 0.3) is 0 Å². The average Bonchev–Trinajstić information content (AvgIpc) is 2.35. The molecule has 0 aliphatic rings. The number of benzene rings is 2. The molecule has 0 radical (unpaired) electrons. The standard InChI is InChI=1S/C12H4Br6O/c13-5-3-8(16)10(17)9(4-5)19-12-7(15)2-1-6(14)11(12)18/h1-4H. The molecule has 1 nitrogen and oxygen atoms in total. The molecule has 0 atom stereocenters. The van der Waals surface area contributed by atoms with Crippen molar-refractivity contribution in [1.82, 2.24) is 0 Å². The van der Waals surface area contributed by atoms with Crippen molar-refractivity contribution in [2.75, 3.05) is 0 Å². The summed E-state index contributed by atoms with van der Waals surface area (Å²) in [7, 11) is 0. The van der Waals surface area contributed by atoms with Crippen molar-refractivity contribution in [3.63, 3.8) is 0 Å². The zero-order valence-corrected chi connectivity index (χ0v) is 18.5. The third kappa shape index (κ3) is 3.86. The van der Waals surface area contributed by atoms with Crippen LogP contribution in [-0.4, -0.2) is 0 Å². The van der Waals surface area contributed by atoms with Crippen molar-refractivity contribution in [2.24, 2.45) is 0 Å². The van der Waals surface area contributed by atoms with Gasteiger partial charge in [0.1, 0.15) is 5.75 Å². The lowest BCUT2D eigenvalue weighted by Crippen LogP contribution is -1.90. The highest BCUT2D eigenvalue weighted by atomic mass is 79.9. The molecule has 0 saturated heterocycles. The van der Waals surface area contributed by atoms with Crippen molar-refractivity contribution >= 4 is 95.6 Å². The normalized spacial score (nSPS) is 10.6. The smallest absolute Gasteiger partial charge is 0.156 e. The summed E-state index contributed by atoms with van der Waals surface area (Å²) in [5.41, 5.74) is 0. The summed E-state index contributed by atoms with van der Waals surface area (Å²) in [6.07, 6.45) is 0. The van der Waals surface area contributed by atoms with E-state index in [1.165, 1.54) is 0 Å². The molecule has 100 valence electrons. The largest absolute Gasteiger partial charge is 0.454 e. The maximum absolute atomic E-state index is 5.98. The van der Waals surface area contributed by atoms with Crippen molar-refractivity contribution in [3.05, 3.63) is 51.1 Å². The van der Waals surface area contributed by atoms with E-state index in [-0.39, 0.29) is 0 Å². The average molecular weight is 644 g/mol. The number of halogens is 6. The third-order valence-electron chi connectivity index (χ3n) is 2.17. The molecule has 2 aromatic rings. The van der Waals surface area contributed by atoms with Crippen LogP contribution in [0, 0.1) is 0 Å². The van der Waals surface area contributed by atoms with E-state index in [2.05, 4.69) is 95.6 Å². The number of rotatable bonds is 2. The van der Waals surface area contributed by atoms with Crippen LogP contribution in [0.4, 0.5) is 0 Å². The van der Waals surface area contributed by atoms with Gasteiger partial charge in [-0.25, -0.2) is 0 Å². The maximum atomic E-state index is 5.98. The van der Waals surface area contributed by atoms with Gasteiger partial charge in [-0.1, -0.05) is 15.9 Å². The minimum atomic E-state index is 0.708. The van der Waals surface area contributed by atoms with Gasteiger partial charge in [0, 0.05) is 13.4 Å². The fourth-order valence-electron chi connectivity index (χ4n) is 1.32. The molecule has 19 heavy (non-hydrogen) atoms. The van der Waals surface area contributed by atoms with E-state index in [0.717, 1.165) is 26.8 Å². The first kappa shape index (κ1) is 16.5. The Balaban J connectivity index is 2.51. The first-order valence-electron chi connectivity index (χ1n) is 4.86. The van der Waals surface area contributed by atoms with Gasteiger partial charge in [0.15, 0.2) is 5.75 Å².